The third-order valence-electron chi connectivity index (χ3n) is 4.57. The summed E-state index contributed by atoms with van der Waals surface area (Å²) in [6.07, 6.45) is 9.94. The van der Waals surface area contributed by atoms with E-state index in [9.17, 15) is 0 Å². The highest BCUT2D eigenvalue weighted by Gasteiger charge is 2.29. The van der Waals surface area contributed by atoms with Gasteiger partial charge in [0.2, 0.25) is 0 Å². The predicted molar refractivity (Wildman–Crippen MR) is 101 cm³/mol. The van der Waals surface area contributed by atoms with E-state index >= 15 is 0 Å². The maximum Gasteiger partial charge on any atom is 0.163 e. The molecular weight excluding hydrogens is 300 g/mol. The summed E-state index contributed by atoms with van der Waals surface area (Å²) < 4.78 is 18.2. The Balaban J connectivity index is 2.41. The summed E-state index contributed by atoms with van der Waals surface area (Å²) in [6.45, 7) is 13.6. The van der Waals surface area contributed by atoms with Gasteiger partial charge in [0.05, 0.1) is 0 Å². The standard InChI is InChI=1S/C21H42O3/c1-16(2)10-7-13-19-22-20(14-8-11-17(3)4)24-21(23-19)15-9-12-18(5)6/h16-21H,7-15H2,1-6H3. The lowest BCUT2D eigenvalue weighted by atomic mass is 10.1. The molecule has 1 fully saturated rings. The van der Waals surface area contributed by atoms with Gasteiger partial charge in [-0.1, -0.05) is 60.8 Å². The monoisotopic (exact) mass is 342 g/mol. The molecule has 24 heavy (non-hydrogen) atoms. The van der Waals surface area contributed by atoms with E-state index in [-0.39, 0.29) is 18.9 Å². The fourth-order valence-electron chi connectivity index (χ4n) is 3.09. The van der Waals surface area contributed by atoms with Crippen LogP contribution in [-0.4, -0.2) is 18.9 Å². The third kappa shape index (κ3) is 10.7. The van der Waals surface area contributed by atoms with E-state index in [1.165, 1.54) is 38.5 Å². The molecule has 0 aromatic carbocycles. The molecule has 1 aliphatic rings. The molecule has 1 rings (SSSR count). The lowest BCUT2D eigenvalue weighted by molar-refractivity contribution is -0.386. The quantitative estimate of drug-likeness (QED) is 0.405. The van der Waals surface area contributed by atoms with Gasteiger partial charge >= 0.3 is 0 Å². The van der Waals surface area contributed by atoms with E-state index in [2.05, 4.69) is 41.5 Å². The molecule has 1 saturated heterocycles. The van der Waals surface area contributed by atoms with Gasteiger partial charge in [0.1, 0.15) is 0 Å². The van der Waals surface area contributed by atoms with Gasteiger partial charge in [0, 0.05) is 0 Å². The van der Waals surface area contributed by atoms with E-state index in [1.54, 1.807) is 0 Å². The molecule has 0 bridgehead atoms. The summed E-state index contributed by atoms with van der Waals surface area (Å²) in [5, 5.41) is 0. The van der Waals surface area contributed by atoms with Crippen molar-refractivity contribution < 1.29 is 14.2 Å². The summed E-state index contributed by atoms with van der Waals surface area (Å²) in [6, 6.07) is 0. The molecule has 0 unspecified atom stereocenters. The average molecular weight is 343 g/mol. The molecule has 0 N–H and O–H groups in total. The van der Waals surface area contributed by atoms with Crippen LogP contribution >= 0.6 is 0 Å². The van der Waals surface area contributed by atoms with Crippen molar-refractivity contribution in [1.29, 1.82) is 0 Å². The van der Waals surface area contributed by atoms with Crippen LogP contribution in [-0.2, 0) is 14.2 Å². The summed E-state index contributed by atoms with van der Waals surface area (Å²) in [4.78, 5) is 0. The number of ether oxygens (including phenoxy) is 3. The first-order valence-corrected chi connectivity index (χ1v) is 10.3. The molecule has 0 radical (unpaired) electrons. The highest BCUT2D eigenvalue weighted by Crippen LogP contribution is 2.27. The Bertz CT molecular complexity index is 248. The minimum Gasteiger partial charge on any atom is -0.324 e. The zero-order valence-corrected chi connectivity index (χ0v) is 17.1. The Labute approximate surface area is 150 Å². The Morgan fingerprint density at radius 1 is 0.500 bits per heavy atom. The average Bonchev–Trinajstić information content (AvgIpc) is 2.46. The van der Waals surface area contributed by atoms with Gasteiger partial charge in [0.15, 0.2) is 18.9 Å². The molecule has 1 aliphatic heterocycles. The van der Waals surface area contributed by atoms with Gasteiger partial charge in [-0.05, 0) is 56.3 Å². The molecule has 0 saturated carbocycles. The van der Waals surface area contributed by atoms with E-state index < -0.39 is 0 Å². The van der Waals surface area contributed by atoms with Crippen molar-refractivity contribution in [3.63, 3.8) is 0 Å². The third-order valence-corrected chi connectivity index (χ3v) is 4.57. The van der Waals surface area contributed by atoms with Crippen LogP contribution in [0.1, 0.15) is 99.3 Å². The lowest BCUT2D eigenvalue weighted by Gasteiger charge is -2.36. The summed E-state index contributed by atoms with van der Waals surface area (Å²) >= 11 is 0. The number of hydrogen-bond donors (Lipinski definition) is 0. The van der Waals surface area contributed by atoms with E-state index in [0.717, 1.165) is 37.0 Å². The smallest absolute Gasteiger partial charge is 0.163 e. The minimum absolute atomic E-state index is 0.0781. The Kier molecular flexibility index (Phi) is 11.2. The van der Waals surface area contributed by atoms with Crippen molar-refractivity contribution in [3.05, 3.63) is 0 Å². The second-order valence-corrected chi connectivity index (χ2v) is 8.67. The molecule has 3 heteroatoms. The first-order valence-electron chi connectivity index (χ1n) is 10.3. The largest absolute Gasteiger partial charge is 0.324 e. The fraction of sp³-hybridized carbons (Fsp3) is 1.00. The van der Waals surface area contributed by atoms with Gasteiger partial charge in [-0.2, -0.15) is 0 Å². The number of hydrogen-bond acceptors (Lipinski definition) is 3. The van der Waals surface area contributed by atoms with Crippen molar-refractivity contribution in [1.82, 2.24) is 0 Å². The van der Waals surface area contributed by atoms with Gasteiger partial charge in [-0.15, -0.1) is 0 Å². The van der Waals surface area contributed by atoms with Crippen LogP contribution in [0.3, 0.4) is 0 Å². The van der Waals surface area contributed by atoms with Crippen molar-refractivity contribution in [3.8, 4) is 0 Å². The first-order chi connectivity index (χ1) is 11.4. The topological polar surface area (TPSA) is 27.7 Å². The van der Waals surface area contributed by atoms with Crippen LogP contribution in [0.25, 0.3) is 0 Å². The van der Waals surface area contributed by atoms with Gasteiger partial charge < -0.3 is 14.2 Å². The molecule has 0 spiro atoms. The summed E-state index contributed by atoms with van der Waals surface area (Å²) in [5.74, 6) is 2.23. The van der Waals surface area contributed by atoms with Crippen molar-refractivity contribution in [2.45, 2.75) is 118 Å². The molecule has 1 heterocycles. The second-order valence-electron chi connectivity index (χ2n) is 8.67. The zero-order chi connectivity index (χ0) is 17.9. The molecule has 0 aromatic rings. The number of rotatable bonds is 12. The highest BCUT2D eigenvalue weighted by molar-refractivity contribution is 4.62. The minimum atomic E-state index is -0.0781. The molecular formula is C21H42O3. The van der Waals surface area contributed by atoms with Crippen molar-refractivity contribution >= 4 is 0 Å². The second kappa shape index (κ2) is 12.3. The van der Waals surface area contributed by atoms with Gasteiger partial charge in [-0.3, -0.25) is 0 Å². The van der Waals surface area contributed by atoms with Crippen molar-refractivity contribution in [2.75, 3.05) is 0 Å². The van der Waals surface area contributed by atoms with E-state index in [4.69, 9.17) is 14.2 Å². The highest BCUT2D eigenvalue weighted by atomic mass is 16.9. The van der Waals surface area contributed by atoms with Crippen LogP contribution in [0.15, 0.2) is 0 Å². The van der Waals surface area contributed by atoms with Crippen LogP contribution in [0.5, 0.6) is 0 Å². The zero-order valence-electron chi connectivity index (χ0n) is 17.1. The van der Waals surface area contributed by atoms with Crippen LogP contribution < -0.4 is 0 Å². The van der Waals surface area contributed by atoms with Crippen molar-refractivity contribution in [2.24, 2.45) is 17.8 Å². The van der Waals surface area contributed by atoms with Crippen LogP contribution in [0, 0.1) is 17.8 Å². The first kappa shape index (κ1) is 21.9. The van der Waals surface area contributed by atoms with E-state index in [0.29, 0.717) is 0 Å². The summed E-state index contributed by atoms with van der Waals surface area (Å²) in [7, 11) is 0. The molecule has 0 atom stereocenters. The lowest BCUT2D eigenvalue weighted by Crippen LogP contribution is -2.40. The Morgan fingerprint density at radius 3 is 0.958 bits per heavy atom. The molecule has 144 valence electrons. The van der Waals surface area contributed by atoms with E-state index in [1.807, 2.05) is 0 Å². The molecule has 0 amide bonds. The normalized spacial score (nSPS) is 25.1. The van der Waals surface area contributed by atoms with Crippen LogP contribution in [0.2, 0.25) is 0 Å². The maximum absolute atomic E-state index is 6.06. The Hall–Kier alpha value is -0.120. The van der Waals surface area contributed by atoms with Gasteiger partial charge in [0.25, 0.3) is 0 Å². The molecule has 3 nitrogen and oxygen atoms in total. The Morgan fingerprint density at radius 2 is 0.750 bits per heavy atom. The summed E-state index contributed by atoms with van der Waals surface area (Å²) in [5.41, 5.74) is 0. The predicted octanol–water partition coefficient (Wildman–Crippen LogP) is 6.51. The SMILES string of the molecule is CC(C)CCCC1OC(CCCC(C)C)OC(CCCC(C)C)O1. The van der Waals surface area contributed by atoms with Gasteiger partial charge in [-0.25, -0.2) is 0 Å². The molecule has 0 aromatic heterocycles. The fourth-order valence-corrected chi connectivity index (χ4v) is 3.09. The van der Waals surface area contributed by atoms with Crippen LogP contribution in [0.4, 0.5) is 0 Å². The maximum atomic E-state index is 6.06. The molecule has 0 aliphatic carbocycles.